The van der Waals surface area contributed by atoms with E-state index < -0.39 is 34.7 Å². The third kappa shape index (κ3) is 4.00. The lowest BCUT2D eigenvalue weighted by Crippen LogP contribution is -2.34. The van der Waals surface area contributed by atoms with E-state index >= 15 is 0 Å². The number of rotatable bonds is 4. The number of aryl methyl sites for hydroxylation is 1. The minimum Gasteiger partial charge on any atom is -0.345 e. The fourth-order valence-electron chi connectivity index (χ4n) is 3.35. The minimum atomic E-state index is -2.98. The highest BCUT2D eigenvalue weighted by Crippen LogP contribution is 2.29. The van der Waals surface area contributed by atoms with Gasteiger partial charge in [-0.3, -0.25) is 4.79 Å². The zero-order valence-electron chi connectivity index (χ0n) is 15.8. The van der Waals surface area contributed by atoms with Crippen LogP contribution in [-0.4, -0.2) is 20.7 Å². The van der Waals surface area contributed by atoms with Crippen molar-refractivity contribution in [2.24, 2.45) is 13.0 Å². The first-order valence-corrected chi connectivity index (χ1v) is 10.1. The van der Waals surface area contributed by atoms with Crippen LogP contribution in [0.3, 0.4) is 0 Å². The summed E-state index contributed by atoms with van der Waals surface area (Å²) in [5.74, 6) is -1.26. The van der Waals surface area contributed by atoms with E-state index in [-0.39, 0.29) is 17.6 Å². The topological polar surface area (TPSA) is 63.1 Å². The molecule has 2 N–H and O–H groups in total. The average Bonchev–Trinajstić information content (AvgIpc) is 2.87. The van der Waals surface area contributed by atoms with Crippen molar-refractivity contribution < 1.29 is 22.2 Å². The molecule has 1 amide bonds. The number of carbonyl (C=O) groups excluding carboxylic acids is 1. The fraction of sp³-hybridized carbons (Fsp3) is 0.421. The van der Waals surface area contributed by atoms with Crippen molar-refractivity contribution in [3.63, 3.8) is 0 Å². The molecule has 2 atom stereocenters. The Bertz CT molecular complexity index is 927. The molecule has 3 rings (SSSR count). The van der Waals surface area contributed by atoms with Gasteiger partial charge < -0.3 is 9.88 Å². The Morgan fingerprint density at radius 1 is 1.36 bits per heavy atom. The molecule has 1 aromatic heterocycles. The Kier molecular flexibility index (Phi) is 5.95. The molecule has 0 saturated carbocycles. The van der Waals surface area contributed by atoms with Crippen molar-refractivity contribution >= 4 is 22.6 Å². The molecule has 0 aliphatic carbocycles. The molecule has 9 heteroatoms. The molecule has 2 heterocycles. The maximum atomic E-state index is 13.5. The van der Waals surface area contributed by atoms with Crippen LogP contribution >= 0.6 is 0 Å². The zero-order valence-corrected chi connectivity index (χ0v) is 16.6. The molecule has 0 saturated heterocycles. The van der Waals surface area contributed by atoms with Gasteiger partial charge in [0.25, 0.3) is 12.3 Å². The molecule has 152 valence electrons. The first-order chi connectivity index (χ1) is 13.2. The fourth-order valence-corrected chi connectivity index (χ4v) is 4.82. The molecule has 0 bridgehead atoms. The van der Waals surface area contributed by atoms with Gasteiger partial charge in [-0.25, -0.2) is 22.1 Å². The lowest BCUT2D eigenvalue weighted by Gasteiger charge is -2.18. The predicted octanol–water partition coefficient (Wildman–Crippen LogP) is 3.94. The van der Waals surface area contributed by atoms with Crippen LogP contribution in [0.1, 0.15) is 48.3 Å². The first-order valence-electron chi connectivity index (χ1n) is 8.94. The molecule has 1 aliphatic heterocycles. The largest absolute Gasteiger partial charge is 0.345 e. The van der Waals surface area contributed by atoms with E-state index in [1.165, 1.54) is 6.07 Å². The Morgan fingerprint density at radius 2 is 2.07 bits per heavy atom. The van der Waals surface area contributed by atoms with E-state index in [0.717, 1.165) is 12.1 Å². The second-order valence-electron chi connectivity index (χ2n) is 7.20. The lowest BCUT2D eigenvalue weighted by atomic mass is 9.97. The number of benzene rings is 1. The molecule has 1 aromatic carbocycles. The number of nitrogens with zero attached hydrogens (tertiary/aromatic N) is 1. The monoisotopic (exact) mass is 413 g/mol. The van der Waals surface area contributed by atoms with Crippen LogP contribution in [0.5, 0.6) is 0 Å². The van der Waals surface area contributed by atoms with Crippen LogP contribution in [0, 0.1) is 11.7 Å². The zero-order chi connectivity index (χ0) is 20.6. The molecule has 28 heavy (non-hydrogen) atoms. The summed E-state index contributed by atoms with van der Waals surface area (Å²) >= 11 is 0. The maximum absolute atomic E-state index is 13.5. The Hall–Kier alpha value is -2.13. The van der Waals surface area contributed by atoms with Crippen molar-refractivity contribution in [3.8, 4) is 0 Å². The number of hydrogen-bond acceptors (Lipinski definition) is 2. The first kappa shape index (κ1) is 20.6. The van der Waals surface area contributed by atoms with Crippen LogP contribution in [0.25, 0.3) is 0 Å². The molecule has 2 unspecified atom stereocenters. The summed E-state index contributed by atoms with van der Waals surface area (Å²) in [6, 6.07) is 3.11. The van der Waals surface area contributed by atoms with E-state index in [4.69, 9.17) is 0 Å². The number of hydrogen-bond donors (Lipinski definition) is 2. The molecule has 0 fully saturated rings. The second kappa shape index (κ2) is 8.08. The van der Waals surface area contributed by atoms with Gasteiger partial charge in [0.2, 0.25) is 0 Å². The average molecular weight is 413 g/mol. The third-order valence-corrected chi connectivity index (χ3v) is 6.19. The molecule has 0 spiro atoms. The molecular weight excluding hydrogens is 391 g/mol. The summed E-state index contributed by atoms with van der Waals surface area (Å²) < 4.78 is 56.6. The van der Waals surface area contributed by atoms with Gasteiger partial charge in [0.05, 0.1) is 10.5 Å². The highest BCUT2D eigenvalue weighted by atomic mass is 32.2. The Labute approximate surface area is 163 Å². The summed E-state index contributed by atoms with van der Waals surface area (Å²) in [5.41, 5.74) is 0.292. The number of aromatic nitrogens is 1. The quantitative estimate of drug-likeness (QED) is 0.798. The summed E-state index contributed by atoms with van der Waals surface area (Å²) in [6.07, 6.45) is -0.0609. The minimum absolute atomic E-state index is 0.0557. The normalized spacial score (nSPS) is 19.6. The maximum Gasteiger partial charge on any atom is 0.272 e. The van der Waals surface area contributed by atoms with E-state index in [1.807, 2.05) is 13.8 Å². The van der Waals surface area contributed by atoms with E-state index in [0.29, 0.717) is 29.0 Å². The number of carbonyl (C=O) groups is 1. The number of alkyl halides is 2. The van der Waals surface area contributed by atoms with Gasteiger partial charge in [-0.15, -0.1) is 0 Å². The molecule has 0 radical (unpaired) electrons. The summed E-state index contributed by atoms with van der Waals surface area (Å²) in [7, 11) is 0.214. The van der Waals surface area contributed by atoms with E-state index in [2.05, 4.69) is 10.0 Å². The Balaban J connectivity index is 1.90. The number of anilines is 1. The van der Waals surface area contributed by atoms with Crippen LogP contribution in [-0.2, 0) is 24.5 Å². The van der Waals surface area contributed by atoms with Crippen molar-refractivity contribution in [1.82, 2.24) is 9.29 Å². The van der Waals surface area contributed by atoms with Gasteiger partial charge >= 0.3 is 0 Å². The van der Waals surface area contributed by atoms with Gasteiger partial charge in [-0.1, -0.05) is 13.8 Å². The van der Waals surface area contributed by atoms with Crippen LogP contribution in [0.4, 0.5) is 18.9 Å². The predicted molar refractivity (Wildman–Crippen MR) is 101 cm³/mol. The van der Waals surface area contributed by atoms with Gasteiger partial charge in [0.15, 0.2) is 0 Å². The Morgan fingerprint density at radius 3 is 2.71 bits per heavy atom. The van der Waals surface area contributed by atoms with E-state index in [9.17, 15) is 22.2 Å². The van der Waals surface area contributed by atoms with Gasteiger partial charge in [-0.05, 0) is 37.0 Å². The molecule has 2 aromatic rings. The van der Waals surface area contributed by atoms with Gasteiger partial charge in [0.1, 0.15) is 22.5 Å². The standard InChI is InChI=1S/C19H22F3N3O2S/c1-10(2)15-7-5-12-16(28(27)24-15)9-25(3)17(12)19(26)23-11-4-6-14(20)13(8-11)18(21)22/h4,6,8-10,15,18,24H,5,7H2,1-3H3,(H,23,26). The van der Waals surface area contributed by atoms with E-state index in [1.54, 1.807) is 17.8 Å². The molecular formula is C19H22F3N3O2S. The third-order valence-electron chi connectivity index (χ3n) is 4.92. The summed E-state index contributed by atoms with van der Waals surface area (Å²) in [5, 5.41) is 2.55. The van der Waals surface area contributed by atoms with Crippen molar-refractivity contribution in [2.75, 3.05) is 5.32 Å². The molecule has 1 aliphatic rings. The van der Waals surface area contributed by atoms with Gasteiger partial charge in [0, 0.05) is 30.5 Å². The number of fused-ring (bicyclic) bond motifs is 1. The van der Waals surface area contributed by atoms with Crippen LogP contribution in [0.15, 0.2) is 29.3 Å². The second-order valence-corrected chi connectivity index (χ2v) is 8.41. The number of nitrogens with one attached hydrogen (secondary N) is 2. The van der Waals surface area contributed by atoms with Crippen molar-refractivity contribution in [1.29, 1.82) is 0 Å². The van der Waals surface area contributed by atoms with Crippen molar-refractivity contribution in [3.05, 3.63) is 47.0 Å². The summed E-state index contributed by atoms with van der Waals surface area (Å²) in [4.78, 5) is 13.4. The van der Waals surface area contributed by atoms with Gasteiger partial charge in [-0.2, -0.15) is 0 Å². The SMILES string of the molecule is CC(C)C1CCc2c(cn(C)c2C(=O)Nc2ccc(F)c(C(F)F)c2)S(=O)N1. The smallest absolute Gasteiger partial charge is 0.272 e. The van der Waals surface area contributed by atoms with Crippen LogP contribution < -0.4 is 10.0 Å². The summed E-state index contributed by atoms with van der Waals surface area (Å²) in [6.45, 7) is 4.07. The van der Waals surface area contributed by atoms with Crippen molar-refractivity contribution in [2.45, 2.75) is 44.1 Å². The number of amides is 1. The highest BCUT2D eigenvalue weighted by molar-refractivity contribution is 7.83. The number of halogens is 3. The highest BCUT2D eigenvalue weighted by Gasteiger charge is 2.29. The lowest BCUT2D eigenvalue weighted by molar-refractivity contribution is 0.101. The van der Waals surface area contributed by atoms with Crippen LogP contribution in [0.2, 0.25) is 0 Å². The molecule has 5 nitrogen and oxygen atoms in total.